The van der Waals surface area contributed by atoms with Gasteiger partial charge in [0, 0.05) is 12.6 Å². The van der Waals surface area contributed by atoms with E-state index in [1.54, 1.807) is 6.07 Å². The van der Waals surface area contributed by atoms with E-state index in [0.717, 1.165) is 31.9 Å². The number of nitrogens with zero attached hydrogens (tertiary/aromatic N) is 2. The summed E-state index contributed by atoms with van der Waals surface area (Å²) in [5, 5.41) is 0. The number of hydrogen-bond donors (Lipinski definition) is 1. The van der Waals surface area contributed by atoms with Gasteiger partial charge in [0.15, 0.2) is 0 Å². The number of alkyl halides is 2. The zero-order valence-corrected chi connectivity index (χ0v) is 20.0. The van der Waals surface area contributed by atoms with Gasteiger partial charge in [-0.05, 0) is 55.7 Å². The fourth-order valence-corrected chi connectivity index (χ4v) is 5.82. The van der Waals surface area contributed by atoms with E-state index in [0.29, 0.717) is 31.3 Å². The molecule has 1 aliphatic heterocycles. The van der Waals surface area contributed by atoms with Gasteiger partial charge in [0.2, 0.25) is 10.0 Å². The molecule has 0 unspecified atom stereocenters. The maximum Gasteiger partial charge on any atom is 0.387 e. The average Bonchev–Trinajstić information content (AvgIpc) is 3.19. The molecule has 2 fully saturated rings. The van der Waals surface area contributed by atoms with Crippen LogP contribution in [0.1, 0.15) is 43.6 Å². The molecule has 4 rings (SSSR count). The predicted molar refractivity (Wildman–Crippen MR) is 126 cm³/mol. The third kappa shape index (κ3) is 6.64. The minimum Gasteiger partial charge on any atom is -0.433 e. The monoisotopic (exact) mass is 495 g/mol. The molecule has 1 aromatic heterocycles. The van der Waals surface area contributed by atoms with Crippen molar-refractivity contribution in [2.24, 2.45) is 0 Å². The fourth-order valence-electron chi connectivity index (χ4n) is 4.99. The topological polar surface area (TPSA) is 80.8 Å². The van der Waals surface area contributed by atoms with E-state index in [2.05, 4.69) is 38.7 Å². The van der Waals surface area contributed by atoms with Crippen LogP contribution in [0, 0.1) is 0 Å². The molecule has 1 saturated heterocycles. The van der Waals surface area contributed by atoms with E-state index >= 15 is 0 Å². The van der Waals surface area contributed by atoms with E-state index in [4.69, 9.17) is 4.74 Å². The second-order valence-corrected chi connectivity index (χ2v) is 10.8. The van der Waals surface area contributed by atoms with Crippen LogP contribution < -0.4 is 14.4 Å². The van der Waals surface area contributed by atoms with Crippen molar-refractivity contribution in [3.8, 4) is 5.75 Å². The van der Waals surface area contributed by atoms with Crippen LogP contribution >= 0.6 is 0 Å². The van der Waals surface area contributed by atoms with Gasteiger partial charge in [0.1, 0.15) is 11.6 Å². The Kier molecular flexibility index (Phi) is 8.00. The lowest BCUT2D eigenvalue weighted by atomic mass is 9.83. The minimum atomic E-state index is -3.40. The van der Waals surface area contributed by atoms with Crippen LogP contribution in [0.2, 0.25) is 0 Å². The summed E-state index contributed by atoms with van der Waals surface area (Å²) >= 11 is 0. The highest BCUT2D eigenvalue weighted by atomic mass is 32.2. The first-order valence-corrected chi connectivity index (χ1v) is 13.5. The summed E-state index contributed by atoms with van der Waals surface area (Å²) in [5.74, 6) is 1.09. The van der Waals surface area contributed by atoms with Crippen LogP contribution in [0.5, 0.6) is 5.75 Å². The van der Waals surface area contributed by atoms with Crippen molar-refractivity contribution in [1.29, 1.82) is 0 Å². The first kappa shape index (κ1) is 24.8. The van der Waals surface area contributed by atoms with Gasteiger partial charge in [-0.15, -0.1) is 0 Å². The standard InChI is InChI=1S/C24H31F2N3O4S/c1-34(30,31)28-21-13-14-29(23-12-11-20(15-27-23)33-24(25)26)22(21)16-32-19-9-7-18(8-10-19)17-5-3-2-4-6-17/h2-6,11-12,15,18-19,21-22,24,28H,7-10,13-14,16H2,1H3/t18?,19?,21-,22-/m0/s1. The molecule has 34 heavy (non-hydrogen) atoms. The Morgan fingerprint density at radius 1 is 1.09 bits per heavy atom. The molecule has 1 aromatic carbocycles. The van der Waals surface area contributed by atoms with Crippen LogP contribution in [-0.2, 0) is 14.8 Å². The number of rotatable bonds is 9. The van der Waals surface area contributed by atoms with Crippen LogP contribution in [-0.4, -0.2) is 57.6 Å². The molecule has 2 heterocycles. The maximum atomic E-state index is 12.4. The van der Waals surface area contributed by atoms with Gasteiger partial charge in [-0.1, -0.05) is 30.3 Å². The first-order valence-electron chi connectivity index (χ1n) is 11.6. The Morgan fingerprint density at radius 3 is 2.44 bits per heavy atom. The highest BCUT2D eigenvalue weighted by Crippen LogP contribution is 2.34. The van der Waals surface area contributed by atoms with Crippen molar-refractivity contribution in [1.82, 2.24) is 9.71 Å². The average molecular weight is 496 g/mol. The van der Waals surface area contributed by atoms with Crippen molar-refractivity contribution in [2.45, 2.75) is 62.8 Å². The molecular weight excluding hydrogens is 464 g/mol. The molecule has 1 N–H and O–H groups in total. The van der Waals surface area contributed by atoms with Crippen molar-refractivity contribution in [3.63, 3.8) is 0 Å². The van der Waals surface area contributed by atoms with E-state index in [9.17, 15) is 17.2 Å². The molecule has 2 atom stereocenters. The van der Waals surface area contributed by atoms with Gasteiger partial charge in [-0.2, -0.15) is 8.78 Å². The molecule has 10 heteroatoms. The van der Waals surface area contributed by atoms with Crippen LogP contribution in [0.25, 0.3) is 0 Å². The third-order valence-electron chi connectivity index (χ3n) is 6.60. The lowest BCUT2D eigenvalue weighted by Gasteiger charge is -2.33. The molecule has 186 valence electrons. The second-order valence-electron chi connectivity index (χ2n) is 8.99. The number of halogens is 2. The number of hydrogen-bond acceptors (Lipinski definition) is 6. The van der Waals surface area contributed by atoms with Gasteiger partial charge >= 0.3 is 6.61 Å². The molecule has 0 amide bonds. The lowest BCUT2D eigenvalue weighted by Crippen LogP contribution is -2.48. The summed E-state index contributed by atoms with van der Waals surface area (Å²) in [6, 6.07) is 13.0. The quantitative estimate of drug-likeness (QED) is 0.568. The fraction of sp³-hybridized carbons (Fsp3) is 0.542. The number of nitrogens with one attached hydrogen (secondary N) is 1. The molecule has 0 bridgehead atoms. The Hall–Kier alpha value is -2.30. The van der Waals surface area contributed by atoms with Crippen molar-refractivity contribution in [3.05, 3.63) is 54.2 Å². The molecule has 0 radical (unpaired) electrons. The number of pyridine rings is 1. The summed E-state index contributed by atoms with van der Waals surface area (Å²) in [4.78, 5) is 6.24. The summed E-state index contributed by atoms with van der Waals surface area (Å²) in [6.07, 6.45) is 7.13. The molecule has 7 nitrogen and oxygen atoms in total. The smallest absolute Gasteiger partial charge is 0.387 e. The zero-order valence-electron chi connectivity index (χ0n) is 19.1. The Bertz CT molecular complexity index is 1020. The Labute approximate surface area is 199 Å². The number of ether oxygens (including phenoxy) is 2. The van der Waals surface area contributed by atoms with Gasteiger partial charge < -0.3 is 14.4 Å². The minimum absolute atomic E-state index is 0.0215. The lowest BCUT2D eigenvalue weighted by molar-refractivity contribution is -0.0500. The summed E-state index contributed by atoms with van der Waals surface area (Å²) in [6.45, 7) is -1.99. The van der Waals surface area contributed by atoms with Gasteiger partial charge in [0.25, 0.3) is 0 Å². The number of sulfonamides is 1. The van der Waals surface area contributed by atoms with Crippen molar-refractivity contribution >= 4 is 15.8 Å². The molecule has 2 aliphatic rings. The number of benzene rings is 1. The molecule has 1 saturated carbocycles. The Morgan fingerprint density at radius 2 is 1.82 bits per heavy atom. The third-order valence-corrected chi connectivity index (χ3v) is 7.33. The van der Waals surface area contributed by atoms with Crippen LogP contribution in [0.4, 0.5) is 14.6 Å². The zero-order chi connectivity index (χ0) is 24.1. The van der Waals surface area contributed by atoms with Crippen molar-refractivity contribution in [2.75, 3.05) is 24.3 Å². The van der Waals surface area contributed by atoms with Gasteiger partial charge in [-0.25, -0.2) is 18.1 Å². The predicted octanol–water partition coefficient (Wildman–Crippen LogP) is 3.92. The summed E-state index contributed by atoms with van der Waals surface area (Å²) in [5.41, 5.74) is 1.37. The number of anilines is 1. The highest BCUT2D eigenvalue weighted by molar-refractivity contribution is 7.88. The highest BCUT2D eigenvalue weighted by Gasteiger charge is 2.37. The molecule has 1 aliphatic carbocycles. The van der Waals surface area contributed by atoms with Crippen molar-refractivity contribution < 1.29 is 26.7 Å². The molecule has 0 spiro atoms. The van der Waals surface area contributed by atoms with E-state index < -0.39 is 16.6 Å². The maximum absolute atomic E-state index is 12.4. The normalized spacial score (nSPS) is 25.6. The SMILES string of the molecule is CS(=O)(=O)N[C@H]1CCN(c2ccc(OC(F)F)cn2)[C@H]1COC1CCC(c2ccccc2)CC1. The largest absolute Gasteiger partial charge is 0.433 e. The first-order chi connectivity index (χ1) is 16.3. The van der Waals surface area contributed by atoms with E-state index in [1.165, 1.54) is 17.8 Å². The second kappa shape index (κ2) is 11.0. The van der Waals surface area contributed by atoms with Crippen LogP contribution in [0.15, 0.2) is 48.7 Å². The van der Waals surface area contributed by atoms with Crippen LogP contribution in [0.3, 0.4) is 0 Å². The van der Waals surface area contributed by atoms with Gasteiger partial charge in [0.05, 0.1) is 31.2 Å². The number of aromatic nitrogens is 1. The molecular formula is C24H31F2N3O4S. The summed E-state index contributed by atoms with van der Waals surface area (Å²) < 4.78 is 62.1. The van der Waals surface area contributed by atoms with Gasteiger partial charge in [-0.3, -0.25) is 0 Å². The molecule has 2 aromatic rings. The van der Waals surface area contributed by atoms with E-state index in [-0.39, 0.29) is 23.9 Å². The Balaban J connectivity index is 1.39. The summed E-state index contributed by atoms with van der Waals surface area (Å²) in [7, 11) is -3.40. The van der Waals surface area contributed by atoms with E-state index in [1.807, 2.05) is 11.0 Å².